The van der Waals surface area contributed by atoms with Crippen LogP contribution < -0.4 is 16.0 Å². The quantitative estimate of drug-likeness (QED) is 0.354. The maximum absolute atomic E-state index is 12.5. The van der Waals surface area contributed by atoms with Crippen LogP contribution in [-0.2, 0) is 0 Å². The lowest BCUT2D eigenvalue weighted by atomic mass is 10.2. The summed E-state index contributed by atoms with van der Waals surface area (Å²) in [5, 5.41) is 5.27. The van der Waals surface area contributed by atoms with Crippen LogP contribution in [0.3, 0.4) is 0 Å². The molecule has 174 valence electrons. The number of thiophene rings is 1. The second kappa shape index (κ2) is 10.7. The van der Waals surface area contributed by atoms with Crippen LogP contribution in [0.4, 0.5) is 11.5 Å². The second-order valence-electron chi connectivity index (χ2n) is 8.14. The Bertz CT molecular complexity index is 1230. The van der Waals surface area contributed by atoms with Gasteiger partial charge in [-0.05, 0) is 49.1 Å². The van der Waals surface area contributed by atoms with Crippen LogP contribution in [0.2, 0.25) is 0 Å². The summed E-state index contributed by atoms with van der Waals surface area (Å²) in [6.07, 6.45) is 2.04. The van der Waals surface area contributed by atoms with E-state index in [0.29, 0.717) is 17.1 Å². The van der Waals surface area contributed by atoms with E-state index in [0.717, 1.165) is 61.5 Å². The Morgan fingerprint density at radius 3 is 2.42 bits per heavy atom. The molecule has 33 heavy (non-hydrogen) atoms. The van der Waals surface area contributed by atoms with Gasteiger partial charge in [0.25, 0.3) is 5.91 Å². The molecule has 0 atom stereocenters. The van der Waals surface area contributed by atoms with Crippen molar-refractivity contribution in [2.75, 3.05) is 49.9 Å². The number of hydrogen-bond acceptors (Lipinski definition) is 7. The summed E-state index contributed by atoms with van der Waals surface area (Å²) < 4.78 is 7.00. The topological polar surface area (TPSA) is 74.5 Å². The normalized spacial score (nSPS) is 14.5. The molecule has 6 nitrogen and oxygen atoms in total. The van der Waals surface area contributed by atoms with Gasteiger partial charge in [0, 0.05) is 48.2 Å². The van der Waals surface area contributed by atoms with Crippen LogP contribution in [-0.4, -0.2) is 54.4 Å². The van der Waals surface area contributed by atoms with Crippen molar-refractivity contribution in [1.82, 2.24) is 14.6 Å². The van der Waals surface area contributed by atoms with E-state index in [1.165, 1.54) is 21.4 Å². The van der Waals surface area contributed by atoms with Gasteiger partial charge < -0.3 is 16.0 Å². The molecular weight excluding hydrogens is 474 g/mol. The number of unbranched alkanes of at least 4 members (excludes halogenated alkanes) is 1. The number of nitrogens with zero attached hydrogens (tertiary/aromatic N) is 3. The summed E-state index contributed by atoms with van der Waals surface area (Å²) in [7, 11) is 0. The molecule has 0 unspecified atom stereocenters. The lowest BCUT2D eigenvalue weighted by molar-refractivity contribution is 0.0957. The third kappa shape index (κ3) is 5.09. The number of fused-ring (bicyclic) bond motifs is 2. The molecule has 1 saturated heterocycles. The number of rotatable bonds is 7. The minimum absolute atomic E-state index is 0. The highest BCUT2D eigenvalue weighted by Crippen LogP contribution is 2.33. The monoisotopic (exact) mass is 501 g/mol. The predicted octanol–water partition coefficient (Wildman–Crippen LogP) is 4.85. The molecule has 1 amide bonds. The van der Waals surface area contributed by atoms with Crippen LogP contribution in [0.1, 0.15) is 22.5 Å². The first kappa shape index (κ1) is 23.8. The highest BCUT2D eigenvalue weighted by atomic mass is 35.5. The van der Waals surface area contributed by atoms with Crippen molar-refractivity contribution in [3.63, 3.8) is 0 Å². The van der Waals surface area contributed by atoms with E-state index in [1.807, 2.05) is 24.3 Å². The number of hydrogen-bond donors (Lipinski definition) is 2. The Labute approximate surface area is 207 Å². The molecule has 0 saturated carbocycles. The van der Waals surface area contributed by atoms with Crippen molar-refractivity contribution in [1.29, 1.82) is 0 Å². The first-order valence-electron chi connectivity index (χ1n) is 11.1. The van der Waals surface area contributed by atoms with Crippen LogP contribution in [0.15, 0.2) is 48.5 Å². The average molecular weight is 502 g/mol. The number of amides is 1. The number of aromatic nitrogens is 1. The molecule has 0 radical (unpaired) electrons. The minimum atomic E-state index is -0.0622. The van der Waals surface area contributed by atoms with E-state index in [2.05, 4.69) is 39.4 Å². The zero-order valence-corrected chi connectivity index (χ0v) is 20.8. The summed E-state index contributed by atoms with van der Waals surface area (Å²) in [6, 6.07) is 16.4. The predicted molar refractivity (Wildman–Crippen MR) is 143 cm³/mol. The number of anilines is 2. The van der Waals surface area contributed by atoms with Crippen LogP contribution in [0, 0.1) is 0 Å². The van der Waals surface area contributed by atoms with Crippen molar-refractivity contribution in [3.8, 4) is 0 Å². The lowest BCUT2D eigenvalue weighted by Gasteiger charge is -2.35. The Morgan fingerprint density at radius 2 is 1.67 bits per heavy atom. The maximum Gasteiger partial charge on any atom is 0.263 e. The molecule has 9 heteroatoms. The van der Waals surface area contributed by atoms with Gasteiger partial charge in [-0.1, -0.05) is 30.3 Å². The first-order valence-corrected chi connectivity index (χ1v) is 12.7. The van der Waals surface area contributed by atoms with E-state index >= 15 is 0 Å². The Hall–Kier alpha value is -2.39. The number of halogens is 1. The average Bonchev–Trinajstić information content (AvgIpc) is 3.41. The first-order chi connectivity index (χ1) is 15.7. The van der Waals surface area contributed by atoms with Gasteiger partial charge in [0.1, 0.15) is 10.7 Å². The van der Waals surface area contributed by atoms with E-state index < -0.39 is 0 Å². The van der Waals surface area contributed by atoms with Gasteiger partial charge in [-0.15, -0.1) is 23.7 Å². The van der Waals surface area contributed by atoms with Gasteiger partial charge in [0.05, 0.1) is 10.4 Å². The SMILES string of the molecule is Cl.Nc1c(C(=O)NCCCCN2CCN(c3nsc4ccccc34)CC2)sc2ccccc12. The number of nitrogen functional groups attached to an aromatic ring is 1. The van der Waals surface area contributed by atoms with Crippen LogP contribution >= 0.6 is 35.3 Å². The van der Waals surface area contributed by atoms with Crippen LogP contribution in [0.5, 0.6) is 0 Å². The highest BCUT2D eigenvalue weighted by Gasteiger charge is 2.20. The van der Waals surface area contributed by atoms with Gasteiger partial charge in [-0.2, -0.15) is 4.37 Å². The van der Waals surface area contributed by atoms with Crippen molar-refractivity contribution < 1.29 is 4.79 Å². The van der Waals surface area contributed by atoms with E-state index in [9.17, 15) is 4.79 Å². The summed E-state index contributed by atoms with van der Waals surface area (Å²) in [5.41, 5.74) is 6.77. The molecule has 3 N–H and O–H groups in total. The van der Waals surface area contributed by atoms with Gasteiger partial charge >= 0.3 is 0 Å². The van der Waals surface area contributed by atoms with E-state index in [-0.39, 0.29) is 18.3 Å². The molecule has 2 aromatic carbocycles. The lowest BCUT2D eigenvalue weighted by Crippen LogP contribution is -2.46. The second-order valence-corrected chi connectivity index (χ2v) is 9.99. The summed E-state index contributed by atoms with van der Waals surface area (Å²) >= 11 is 3.05. The fraction of sp³-hybridized carbons (Fsp3) is 0.333. The van der Waals surface area contributed by atoms with Crippen molar-refractivity contribution in [2.24, 2.45) is 0 Å². The molecular formula is C24H28ClN5OS2. The summed E-state index contributed by atoms with van der Waals surface area (Å²) in [6.45, 7) is 5.86. The Morgan fingerprint density at radius 1 is 0.970 bits per heavy atom. The van der Waals surface area contributed by atoms with Gasteiger partial charge in [-0.25, -0.2) is 0 Å². The van der Waals surface area contributed by atoms with E-state index in [4.69, 9.17) is 10.1 Å². The minimum Gasteiger partial charge on any atom is -0.397 e. The smallest absolute Gasteiger partial charge is 0.263 e. The Kier molecular flexibility index (Phi) is 7.70. The summed E-state index contributed by atoms with van der Waals surface area (Å²) in [4.78, 5) is 18.1. The molecule has 0 spiro atoms. The molecule has 4 aromatic rings. The molecule has 0 bridgehead atoms. The number of carbonyl (C=O) groups excluding carboxylic acids is 1. The Balaban J connectivity index is 0.00000259. The molecule has 5 rings (SSSR count). The molecule has 2 aromatic heterocycles. The molecule has 1 fully saturated rings. The number of piperazine rings is 1. The molecule has 1 aliphatic rings. The number of nitrogens with two attached hydrogens (primary N) is 1. The van der Waals surface area contributed by atoms with Crippen LogP contribution in [0.25, 0.3) is 20.2 Å². The maximum atomic E-state index is 12.5. The fourth-order valence-electron chi connectivity index (χ4n) is 4.26. The fourth-order valence-corrected chi connectivity index (χ4v) is 6.10. The van der Waals surface area contributed by atoms with Gasteiger partial charge in [0.15, 0.2) is 0 Å². The van der Waals surface area contributed by atoms with Crippen molar-refractivity contribution in [2.45, 2.75) is 12.8 Å². The zero-order chi connectivity index (χ0) is 21.9. The molecule has 1 aliphatic heterocycles. The third-order valence-electron chi connectivity index (χ3n) is 6.06. The number of nitrogens with one attached hydrogen (secondary N) is 1. The number of carbonyl (C=O) groups is 1. The third-order valence-corrected chi connectivity index (χ3v) is 8.06. The summed E-state index contributed by atoms with van der Waals surface area (Å²) in [5.74, 6) is 1.07. The van der Waals surface area contributed by atoms with Crippen molar-refractivity contribution >= 4 is 72.9 Å². The van der Waals surface area contributed by atoms with E-state index in [1.54, 1.807) is 11.5 Å². The molecule has 3 heterocycles. The highest BCUT2D eigenvalue weighted by molar-refractivity contribution is 7.21. The van der Waals surface area contributed by atoms with Gasteiger partial charge in [-0.3, -0.25) is 9.69 Å². The number of benzene rings is 2. The standard InChI is InChI=1S/C24H27N5OS2.ClH/c25-21-17-7-1-3-9-19(17)31-22(21)24(30)26-11-5-6-12-28-13-15-29(16-14-28)23-18-8-2-4-10-20(18)32-27-23;/h1-4,7-10H,5-6,11-16,25H2,(H,26,30);1H. The molecule has 0 aliphatic carbocycles. The van der Waals surface area contributed by atoms with Crippen molar-refractivity contribution in [3.05, 3.63) is 53.4 Å². The largest absolute Gasteiger partial charge is 0.397 e. The van der Waals surface area contributed by atoms with Gasteiger partial charge in [0.2, 0.25) is 0 Å². The zero-order valence-electron chi connectivity index (χ0n) is 18.3.